The van der Waals surface area contributed by atoms with Crippen LogP contribution in [0, 0.1) is 0 Å². The van der Waals surface area contributed by atoms with Crippen molar-refractivity contribution in [1.29, 1.82) is 0 Å². The van der Waals surface area contributed by atoms with Gasteiger partial charge in [-0.3, -0.25) is 0 Å². The van der Waals surface area contributed by atoms with Crippen molar-refractivity contribution in [3.8, 4) is 0 Å². The average Bonchev–Trinajstić information content (AvgIpc) is 2.26. The SMILES string of the molecule is CC(C)(C)OC(=O)NCCc1ncc(S(C)(=O)=O)cn1. The van der Waals surface area contributed by atoms with Crippen molar-refractivity contribution in [2.75, 3.05) is 12.8 Å². The zero-order valence-corrected chi connectivity index (χ0v) is 12.8. The van der Waals surface area contributed by atoms with E-state index in [0.717, 1.165) is 6.26 Å². The van der Waals surface area contributed by atoms with Crippen LogP contribution in [0.25, 0.3) is 0 Å². The summed E-state index contributed by atoms with van der Waals surface area (Å²) in [4.78, 5) is 19.3. The molecule has 8 heteroatoms. The third-order valence-electron chi connectivity index (χ3n) is 2.13. The van der Waals surface area contributed by atoms with Gasteiger partial charge >= 0.3 is 6.09 Å². The van der Waals surface area contributed by atoms with Crippen LogP contribution in [-0.2, 0) is 21.0 Å². The van der Waals surface area contributed by atoms with Crippen molar-refractivity contribution in [2.24, 2.45) is 0 Å². The smallest absolute Gasteiger partial charge is 0.407 e. The van der Waals surface area contributed by atoms with Gasteiger partial charge in [0.15, 0.2) is 9.84 Å². The maximum absolute atomic E-state index is 11.4. The molecule has 0 aliphatic rings. The lowest BCUT2D eigenvalue weighted by molar-refractivity contribution is 0.0528. The molecule has 112 valence electrons. The van der Waals surface area contributed by atoms with Gasteiger partial charge in [-0.05, 0) is 20.8 Å². The largest absolute Gasteiger partial charge is 0.444 e. The van der Waals surface area contributed by atoms with E-state index >= 15 is 0 Å². The summed E-state index contributed by atoms with van der Waals surface area (Å²) >= 11 is 0. The first-order valence-corrected chi connectivity index (χ1v) is 7.95. The number of carbonyl (C=O) groups excluding carboxylic acids is 1. The molecule has 1 N–H and O–H groups in total. The van der Waals surface area contributed by atoms with Crippen molar-refractivity contribution in [2.45, 2.75) is 37.7 Å². The van der Waals surface area contributed by atoms with Crippen LogP contribution in [-0.4, -0.2) is 42.9 Å². The molecule has 0 saturated heterocycles. The quantitative estimate of drug-likeness (QED) is 0.889. The standard InChI is InChI=1S/C12H19N3O4S/c1-12(2,3)19-11(16)13-6-5-10-14-7-9(8-15-10)20(4,17)18/h7-8H,5-6H2,1-4H3,(H,13,16). The van der Waals surface area contributed by atoms with Crippen LogP contribution in [0.5, 0.6) is 0 Å². The second kappa shape index (κ2) is 6.17. The van der Waals surface area contributed by atoms with E-state index in [2.05, 4.69) is 15.3 Å². The molecule has 0 bridgehead atoms. The minimum atomic E-state index is -3.29. The molecule has 0 radical (unpaired) electrons. The van der Waals surface area contributed by atoms with Crippen LogP contribution >= 0.6 is 0 Å². The molecule has 0 aromatic carbocycles. The Balaban J connectivity index is 2.45. The summed E-state index contributed by atoms with van der Waals surface area (Å²) in [5, 5.41) is 2.57. The number of aromatic nitrogens is 2. The van der Waals surface area contributed by atoms with Gasteiger partial charge in [-0.25, -0.2) is 23.2 Å². The number of amides is 1. The average molecular weight is 301 g/mol. The minimum Gasteiger partial charge on any atom is -0.444 e. The van der Waals surface area contributed by atoms with Gasteiger partial charge in [-0.15, -0.1) is 0 Å². The van der Waals surface area contributed by atoms with Crippen LogP contribution in [0.3, 0.4) is 0 Å². The van der Waals surface area contributed by atoms with E-state index in [0.29, 0.717) is 18.8 Å². The van der Waals surface area contributed by atoms with E-state index in [1.807, 2.05) is 0 Å². The number of carbonyl (C=O) groups is 1. The van der Waals surface area contributed by atoms with Gasteiger partial charge in [-0.1, -0.05) is 0 Å². The number of rotatable bonds is 4. The molecule has 0 fully saturated rings. The zero-order chi connectivity index (χ0) is 15.4. The second-order valence-electron chi connectivity index (χ2n) is 5.29. The van der Waals surface area contributed by atoms with E-state index < -0.39 is 21.5 Å². The van der Waals surface area contributed by atoms with Crippen molar-refractivity contribution < 1.29 is 17.9 Å². The van der Waals surface area contributed by atoms with Gasteiger partial charge in [0.25, 0.3) is 0 Å². The number of nitrogens with one attached hydrogen (secondary N) is 1. The highest BCUT2D eigenvalue weighted by atomic mass is 32.2. The summed E-state index contributed by atoms with van der Waals surface area (Å²) in [5.41, 5.74) is -0.544. The van der Waals surface area contributed by atoms with E-state index in [-0.39, 0.29) is 4.90 Å². The normalized spacial score (nSPS) is 12.0. The van der Waals surface area contributed by atoms with Crippen LogP contribution in [0.15, 0.2) is 17.3 Å². The summed E-state index contributed by atoms with van der Waals surface area (Å²) in [6.07, 6.45) is 3.49. The molecule has 1 heterocycles. The molecule has 0 unspecified atom stereocenters. The summed E-state index contributed by atoms with van der Waals surface area (Å²) < 4.78 is 27.5. The summed E-state index contributed by atoms with van der Waals surface area (Å²) in [6.45, 7) is 5.64. The highest BCUT2D eigenvalue weighted by Gasteiger charge is 2.15. The Kier molecular flexibility index (Phi) is 5.04. The molecule has 1 aromatic heterocycles. The molecule has 1 amide bonds. The lowest BCUT2D eigenvalue weighted by atomic mass is 10.2. The number of hydrogen-bond acceptors (Lipinski definition) is 6. The van der Waals surface area contributed by atoms with Gasteiger partial charge in [-0.2, -0.15) is 0 Å². The molecular weight excluding hydrogens is 282 g/mol. The molecule has 0 aliphatic carbocycles. The van der Waals surface area contributed by atoms with Crippen LogP contribution in [0.1, 0.15) is 26.6 Å². The van der Waals surface area contributed by atoms with E-state index in [1.54, 1.807) is 20.8 Å². The predicted molar refractivity (Wildman–Crippen MR) is 73.1 cm³/mol. The maximum atomic E-state index is 11.4. The van der Waals surface area contributed by atoms with Gasteiger partial charge in [0.1, 0.15) is 16.3 Å². The summed E-state index contributed by atoms with van der Waals surface area (Å²) in [7, 11) is -3.29. The van der Waals surface area contributed by atoms with Gasteiger partial charge in [0.2, 0.25) is 0 Å². The first kappa shape index (κ1) is 16.4. The van der Waals surface area contributed by atoms with E-state index in [4.69, 9.17) is 4.74 Å². The molecule has 7 nitrogen and oxygen atoms in total. The van der Waals surface area contributed by atoms with Crippen LogP contribution in [0.2, 0.25) is 0 Å². The predicted octanol–water partition coefficient (Wildman–Crippen LogP) is 0.947. The molecule has 0 saturated carbocycles. The van der Waals surface area contributed by atoms with Crippen molar-refractivity contribution in [3.63, 3.8) is 0 Å². The first-order chi connectivity index (χ1) is 9.08. The number of ether oxygens (including phenoxy) is 1. The van der Waals surface area contributed by atoms with Gasteiger partial charge < -0.3 is 10.1 Å². The Morgan fingerprint density at radius 2 is 1.85 bits per heavy atom. The molecule has 0 spiro atoms. The van der Waals surface area contributed by atoms with Crippen molar-refractivity contribution in [3.05, 3.63) is 18.2 Å². The Bertz CT molecular complexity index is 561. The molecule has 20 heavy (non-hydrogen) atoms. The zero-order valence-electron chi connectivity index (χ0n) is 12.0. The molecule has 0 aliphatic heterocycles. The fraction of sp³-hybridized carbons (Fsp3) is 0.583. The highest BCUT2D eigenvalue weighted by molar-refractivity contribution is 7.90. The Labute approximate surface area is 118 Å². The van der Waals surface area contributed by atoms with Crippen molar-refractivity contribution >= 4 is 15.9 Å². The molecule has 0 atom stereocenters. The van der Waals surface area contributed by atoms with E-state index in [1.165, 1.54) is 12.4 Å². The van der Waals surface area contributed by atoms with Gasteiger partial charge in [0, 0.05) is 31.6 Å². The fourth-order valence-corrected chi connectivity index (χ4v) is 1.74. The van der Waals surface area contributed by atoms with Crippen LogP contribution in [0.4, 0.5) is 4.79 Å². The van der Waals surface area contributed by atoms with Gasteiger partial charge in [0.05, 0.1) is 0 Å². The highest BCUT2D eigenvalue weighted by Crippen LogP contribution is 2.07. The summed E-state index contributed by atoms with van der Waals surface area (Å²) in [5.74, 6) is 0.452. The monoisotopic (exact) mass is 301 g/mol. The third kappa shape index (κ3) is 5.96. The Morgan fingerprint density at radius 1 is 1.30 bits per heavy atom. The number of nitrogens with zero attached hydrogens (tertiary/aromatic N) is 2. The lowest BCUT2D eigenvalue weighted by Crippen LogP contribution is -2.33. The number of alkyl carbamates (subject to hydrolysis) is 1. The third-order valence-corrected chi connectivity index (χ3v) is 3.19. The topological polar surface area (TPSA) is 98.2 Å². The minimum absolute atomic E-state index is 0.0707. The Hall–Kier alpha value is -1.70. The van der Waals surface area contributed by atoms with Crippen molar-refractivity contribution in [1.82, 2.24) is 15.3 Å². The summed E-state index contributed by atoms with van der Waals surface area (Å²) in [6, 6.07) is 0. The van der Waals surface area contributed by atoms with E-state index in [9.17, 15) is 13.2 Å². The first-order valence-electron chi connectivity index (χ1n) is 6.06. The molecule has 1 aromatic rings. The Morgan fingerprint density at radius 3 is 2.30 bits per heavy atom. The van der Waals surface area contributed by atoms with Crippen LogP contribution < -0.4 is 5.32 Å². The molecule has 1 rings (SSSR count). The maximum Gasteiger partial charge on any atom is 0.407 e. The number of sulfone groups is 1. The lowest BCUT2D eigenvalue weighted by Gasteiger charge is -2.19. The number of hydrogen-bond donors (Lipinski definition) is 1. The molecular formula is C12H19N3O4S. The second-order valence-corrected chi connectivity index (χ2v) is 7.30. The fourth-order valence-electron chi connectivity index (χ4n) is 1.25.